The number of fused-ring (bicyclic) bond motifs is 1. The SMILES string of the molecule is COc1ccc(-c2oc3c(CCC(C)(C)OC)c(O)cc(O)c3c(=O)c2O)cc1. The molecule has 0 aliphatic heterocycles. The Morgan fingerprint density at radius 3 is 2.28 bits per heavy atom. The van der Waals surface area contributed by atoms with Gasteiger partial charge in [-0.25, -0.2) is 0 Å². The molecule has 0 saturated carbocycles. The molecule has 3 rings (SSSR count). The third kappa shape index (κ3) is 3.86. The first-order valence-corrected chi connectivity index (χ1v) is 9.11. The first-order valence-electron chi connectivity index (χ1n) is 9.11. The number of benzene rings is 2. The number of hydrogen-bond acceptors (Lipinski definition) is 7. The van der Waals surface area contributed by atoms with Gasteiger partial charge in [-0.2, -0.15) is 0 Å². The number of aromatic hydroxyl groups is 3. The second kappa shape index (κ2) is 7.67. The van der Waals surface area contributed by atoms with Crippen molar-refractivity contribution in [2.24, 2.45) is 0 Å². The molecule has 0 radical (unpaired) electrons. The van der Waals surface area contributed by atoms with Crippen LogP contribution >= 0.6 is 0 Å². The molecule has 7 nitrogen and oxygen atoms in total. The first-order chi connectivity index (χ1) is 13.7. The molecule has 3 N–H and O–H groups in total. The fourth-order valence-electron chi connectivity index (χ4n) is 3.08. The van der Waals surface area contributed by atoms with Gasteiger partial charge in [-0.15, -0.1) is 0 Å². The van der Waals surface area contributed by atoms with Crippen LogP contribution in [-0.2, 0) is 11.2 Å². The lowest BCUT2D eigenvalue weighted by molar-refractivity contribution is 0.0157. The van der Waals surface area contributed by atoms with Crippen LogP contribution in [0.1, 0.15) is 25.8 Å². The lowest BCUT2D eigenvalue weighted by Gasteiger charge is -2.23. The summed E-state index contributed by atoms with van der Waals surface area (Å²) >= 11 is 0. The quantitative estimate of drug-likeness (QED) is 0.575. The van der Waals surface area contributed by atoms with E-state index in [-0.39, 0.29) is 22.5 Å². The van der Waals surface area contributed by atoms with Gasteiger partial charge in [0.15, 0.2) is 5.76 Å². The van der Waals surface area contributed by atoms with Crippen molar-refractivity contribution in [1.82, 2.24) is 0 Å². The highest BCUT2D eigenvalue weighted by Crippen LogP contribution is 2.39. The third-order valence-electron chi connectivity index (χ3n) is 5.08. The van der Waals surface area contributed by atoms with E-state index in [0.29, 0.717) is 29.7 Å². The van der Waals surface area contributed by atoms with E-state index in [0.717, 1.165) is 6.07 Å². The van der Waals surface area contributed by atoms with Crippen LogP contribution in [0.25, 0.3) is 22.3 Å². The minimum absolute atomic E-state index is 0.0306. The van der Waals surface area contributed by atoms with Crippen molar-refractivity contribution < 1.29 is 29.2 Å². The number of rotatable bonds is 6. The van der Waals surface area contributed by atoms with Crippen LogP contribution in [-0.4, -0.2) is 35.1 Å². The predicted octanol–water partition coefficient (Wildman–Crippen LogP) is 3.94. The second-order valence-corrected chi connectivity index (χ2v) is 7.40. The topological polar surface area (TPSA) is 109 Å². The summed E-state index contributed by atoms with van der Waals surface area (Å²) in [5.41, 5.74) is -0.403. The molecule has 0 fully saturated rings. The van der Waals surface area contributed by atoms with Gasteiger partial charge in [0.2, 0.25) is 11.2 Å². The number of ether oxygens (including phenoxy) is 2. The zero-order chi connectivity index (χ0) is 21.3. The maximum atomic E-state index is 12.8. The number of phenols is 2. The minimum Gasteiger partial charge on any atom is -0.507 e. The van der Waals surface area contributed by atoms with Gasteiger partial charge in [0.05, 0.1) is 12.7 Å². The predicted molar refractivity (Wildman–Crippen MR) is 109 cm³/mol. The summed E-state index contributed by atoms with van der Waals surface area (Å²) in [7, 11) is 3.12. The summed E-state index contributed by atoms with van der Waals surface area (Å²) in [6.07, 6.45) is 0.860. The van der Waals surface area contributed by atoms with Crippen LogP contribution in [0.5, 0.6) is 23.0 Å². The summed E-state index contributed by atoms with van der Waals surface area (Å²) in [4.78, 5) is 12.8. The Bertz CT molecular complexity index is 1100. The Morgan fingerprint density at radius 2 is 1.69 bits per heavy atom. The molecule has 0 aliphatic rings. The van der Waals surface area contributed by atoms with E-state index >= 15 is 0 Å². The Balaban J connectivity index is 2.24. The average Bonchev–Trinajstić information content (AvgIpc) is 2.70. The summed E-state index contributed by atoms with van der Waals surface area (Å²) in [5, 5.41) is 30.9. The summed E-state index contributed by atoms with van der Waals surface area (Å²) in [6, 6.07) is 7.70. The highest BCUT2D eigenvalue weighted by Gasteiger charge is 2.24. The smallest absolute Gasteiger partial charge is 0.238 e. The van der Waals surface area contributed by atoms with Crippen molar-refractivity contribution in [3.05, 3.63) is 46.1 Å². The summed E-state index contributed by atoms with van der Waals surface area (Å²) in [5.74, 6) is -0.725. The van der Waals surface area contributed by atoms with Crippen LogP contribution in [0.4, 0.5) is 0 Å². The minimum atomic E-state index is -0.776. The molecule has 2 aromatic carbocycles. The van der Waals surface area contributed by atoms with Gasteiger partial charge in [-0.05, 0) is 51.0 Å². The molecular formula is C22H24O7. The van der Waals surface area contributed by atoms with Crippen molar-refractivity contribution in [3.63, 3.8) is 0 Å². The van der Waals surface area contributed by atoms with E-state index in [1.54, 1.807) is 31.4 Å². The molecular weight excluding hydrogens is 376 g/mol. The van der Waals surface area contributed by atoms with E-state index in [4.69, 9.17) is 13.9 Å². The average molecular weight is 400 g/mol. The van der Waals surface area contributed by atoms with Crippen LogP contribution in [0, 0.1) is 0 Å². The fraction of sp³-hybridized carbons (Fsp3) is 0.318. The normalized spacial score (nSPS) is 11.7. The number of methoxy groups -OCH3 is 2. The van der Waals surface area contributed by atoms with Gasteiger partial charge in [0.1, 0.15) is 28.2 Å². The van der Waals surface area contributed by atoms with Gasteiger partial charge < -0.3 is 29.2 Å². The summed E-state index contributed by atoms with van der Waals surface area (Å²) in [6.45, 7) is 3.80. The summed E-state index contributed by atoms with van der Waals surface area (Å²) < 4.78 is 16.4. The van der Waals surface area contributed by atoms with Crippen molar-refractivity contribution in [2.45, 2.75) is 32.3 Å². The molecule has 1 heterocycles. The molecule has 0 bridgehead atoms. The second-order valence-electron chi connectivity index (χ2n) is 7.40. The van der Waals surface area contributed by atoms with Crippen LogP contribution in [0.2, 0.25) is 0 Å². The van der Waals surface area contributed by atoms with Crippen molar-refractivity contribution in [1.29, 1.82) is 0 Å². The molecule has 0 spiro atoms. The van der Waals surface area contributed by atoms with Crippen LogP contribution in [0.15, 0.2) is 39.5 Å². The number of aryl methyl sites for hydroxylation is 1. The van der Waals surface area contributed by atoms with Crippen LogP contribution in [0.3, 0.4) is 0 Å². The lowest BCUT2D eigenvalue weighted by Crippen LogP contribution is -2.23. The molecule has 3 aromatic rings. The fourth-order valence-corrected chi connectivity index (χ4v) is 3.08. The van der Waals surface area contributed by atoms with Crippen molar-refractivity contribution in [3.8, 4) is 34.3 Å². The highest BCUT2D eigenvalue weighted by atomic mass is 16.5. The first kappa shape index (κ1) is 20.5. The largest absolute Gasteiger partial charge is 0.507 e. The van der Waals surface area contributed by atoms with Gasteiger partial charge in [-0.1, -0.05) is 0 Å². The Labute approximate surface area is 167 Å². The zero-order valence-electron chi connectivity index (χ0n) is 16.8. The number of hydrogen-bond donors (Lipinski definition) is 3. The Morgan fingerprint density at radius 1 is 1.03 bits per heavy atom. The maximum Gasteiger partial charge on any atom is 0.238 e. The molecule has 1 aromatic heterocycles. The third-order valence-corrected chi connectivity index (χ3v) is 5.08. The van der Waals surface area contributed by atoms with Crippen LogP contribution < -0.4 is 10.2 Å². The Hall–Kier alpha value is -3.19. The number of phenolic OH excluding ortho intramolecular Hbond substituents is 2. The lowest BCUT2D eigenvalue weighted by atomic mass is 9.96. The van der Waals surface area contributed by atoms with E-state index in [2.05, 4.69) is 0 Å². The molecule has 7 heteroatoms. The molecule has 0 amide bonds. The molecule has 154 valence electrons. The van der Waals surface area contributed by atoms with E-state index in [1.165, 1.54) is 7.11 Å². The molecule has 0 aliphatic carbocycles. The van der Waals surface area contributed by atoms with E-state index in [9.17, 15) is 20.1 Å². The molecule has 0 unspecified atom stereocenters. The van der Waals surface area contributed by atoms with Crippen molar-refractivity contribution >= 4 is 11.0 Å². The van der Waals surface area contributed by atoms with Gasteiger partial charge in [-0.3, -0.25) is 4.79 Å². The standard InChI is InChI=1S/C22H24O7/c1-22(2,28-4)10-9-14-15(23)11-16(24)17-18(25)19(26)20(29-21(14)17)12-5-7-13(27-3)8-6-12/h5-8,11,23-24,26H,9-10H2,1-4H3. The van der Waals surface area contributed by atoms with Crippen molar-refractivity contribution in [2.75, 3.05) is 14.2 Å². The zero-order valence-corrected chi connectivity index (χ0v) is 16.8. The molecule has 0 saturated heterocycles. The maximum absolute atomic E-state index is 12.8. The van der Waals surface area contributed by atoms with E-state index in [1.807, 2.05) is 13.8 Å². The Kier molecular flexibility index (Phi) is 5.44. The monoisotopic (exact) mass is 400 g/mol. The molecule has 0 atom stereocenters. The van der Waals surface area contributed by atoms with Gasteiger partial charge in [0, 0.05) is 24.3 Å². The van der Waals surface area contributed by atoms with E-state index < -0.39 is 22.5 Å². The highest BCUT2D eigenvalue weighted by molar-refractivity contribution is 5.91. The molecule has 29 heavy (non-hydrogen) atoms. The van der Waals surface area contributed by atoms with Gasteiger partial charge >= 0.3 is 0 Å². The van der Waals surface area contributed by atoms with Gasteiger partial charge in [0.25, 0.3) is 0 Å².